The number of nitrogens with zero attached hydrogens (tertiary/aromatic N) is 2. The van der Waals surface area contributed by atoms with Gasteiger partial charge >= 0.3 is 19.4 Å². The molecule has 2 aromatic rings. The van der Waals surface area contributed by atoms with E-state index in [9.17, 15) is 23.7 Å². The molecule has 1 aliphatic heterocycles. The number of halogens is 4. The Morgan fingerprint density at radius 1 is 0.945 bits per heavy atom. The Labute approximate surface area is 333 Å². The maximum absolute atomic E-state index is 15.0. The first kappa shape index (κ1) is 45.8. The third kappa shape index (κ3) is 17.0. The number of aliphatic hydroxyl groups excluding tert-OH is 1. The van der Waals surface area contributed by atoms with E-state index in [1.54, 1.807) is 22.6 Å². The van der Waals surface area contributed by atoms with Crippen LogP contribution in [0.1, 0.15) is 64.5 Å². The van der Waals surface area contributed by atoms with Crippen LogP contribution in [0.5, 0.6) is 5.75 Å². The van der Waals surface area contributed by atoms with Gasteiger partial charge in [-0.2, -0.15) is 13.8 Å². The maximum atomic E-state index is 15.0. The normalized spacial score (nSPS) is 19.9. The highest BCUT2D eigenvalue weighted by Crippen LogP contribution is 2.47. The Kier molecular flexibility index (Phi) is 20.7. The summed E-state index contributed by atoms with van der Waals surface area (Å²) in [5, 5.41) is 15.6. The molecule has 0 aliphatic carbocycles. The summed E-state index contributed by atoms with van der Waals surface area (Å²) in [4.78, 5) is 28.2. The van der Waals surface area contributed by atoms with Crippen molar-refractivity contribution in [2.75, 3.05) is 19.7 Å². The van der Waals surface area contributed by atoms with E-state index < -0.39 is 50.2 Å². The zero-order valence-corrected chi connectivity index (χ0v) is 33.7. The van der Waals surface area contributed by atoms with Crippen molar-refractivity contribution in [1.82, 2.24) is 20.0 Å². The van der Waals surface area contributed by atoms with Crippen LogP contribution in [0.25, 0.3) is 0 Å². The predicted molar refractivity (Wildman–Crippen MR) is 215 cm³/mol. The lowest BCUT2D eigenvalue weighted by Gasteiger charge is -2.22. The summed E-state index contributed by atoms with van der Waals surface area (Å²) in [6, 6.07) is 5.80. The zero-order chi connectivity index (χ0) is 39.9. The van der Waals surface area contributed by atoms with Gasteiger partial charge in [-0.25, -0.2) is 18.8 Å². The molecule has 16 heteroatoms. The van der Waals surface area contributed by atoms with Crippen LogP contribution >= 0.6 is 30.3 Å². The number of aliphatic hydroxyl groups is 1. The van der Waals surface area contributed by atoms with Crippen LogP contribution in [-0.4, -0.2) is 58.4 Å². The Balaban J connectivity index is 1.38. The van der Waals surface area contributed by atoms with Crippen molar-refractivity contribution in [2.24, 2.45) is 0 Å². The van der Waals surface area contributed by atoms with Crippen LogP contribution in [0, 0.1) is 9.52 Å². The average Bonchev–Trinajstić information content (AvgIpc) is 3.38. The second kappa shape index (κ2) is 24.8. The van der Waals surface area contributed by atoms with Crippen LogP contribution in [0.15, 0.2) is 114 Å². The van der Waals surface area contributed by atoms with Crippen molar-refractivity contribution in [3.8, 4) is 5.75 Å². The second-order valence-corrected chi connectivity index (χ2v) is 15.0. The molecule has 1 amide bonds. The van der Waals surface area contributed by atoms with E-state index in [1.807, 2.05) is 12.2 Å². The molecule has 1 unspecified atom stereocenters. The topological polar surface area (TPSA) is 141 Å². The number of alkyl halides is 2. The number of nitrogens with one attached hydrogen (secondary N) is 2. The SMILES string of the molecule is CC/C=C\C/C=C\C/C=C\C/C=C\C/C=C\C/C=C\CCC(=O)NCCNP(=O)(OC[C@H]1O[C@@H](n2ccc(I)nc2=O)C(F)(F)[C@@H]1O)Oc1ccc(F)cc1. The van der Waals surface area contributed by atoms with Gasteiger partial charge in [-0.1, -0.05) is 79.8 Å². The Hall–Kier alpha value is -3.60. The van der Waals surface area contributed by atoms with Gasteiger partial charge in [-0.3, -0.25) is 13.9 Å². The third-order valence-corrected chi connectivity index (χ3v) is 9.92. The van der Waals surface area contributed by atoms with Crippen molar-refractivity contribution in [3.63, 3.8) is 0 Å². The minimum absolute atomic E-state index is 0.00807. The molecule has 1 saturated heterocycles. The monoisotopic (exact) mass is 900 g/mol. The molecule has 300 valence electrons. The molecule has 1 aromatic heterocycles. The number of amides is 1. The first-order chi connectivity index (χ1) is 26.4. The summed E-state index contributed by atoms with van der Waals surface area (Å²) in [5.74, 6) is -4.84. The highest BCUT2D eigenvalue weighted by molar-refractivity contribution is 14.1. The fourth-order valence-corrected chi connectivity index (χ4v) is 6.63. The molecule has 3 rings (SSSR count). The van der Waals surface area contributed by atoms with Crippen molar-refractivity contribution in [3.05, 3.63) is 129 Å². The van der Waals surface area contributed by atoms with Crippen LogP contribution in [0.2, 0.25) is 0 Å². The maximum Gasteiger partial charge on any atom is 0.458 e. The highest BCUT2D eigenvalue weighted by Gasteiger charge is 2.60. The van der Waals surface area contributed by atoms with Crippen molar-refractivity contribution in [2.45, 2.75) is 82.6 Å². The van der Waals surface area contributed by atoms with E-state index in [1.165, 1.54) is 18.2 Å². The van der Waals surface area contributed by atoms with Crippen molar-refractivity contribution >= 4 is 36.2 Å². The molecule has 0 saturated carbocycles. The molecule has 0 radical (unpaired) electrons. The van der Waals surface area contributed by atoms with Gasteiger partial charge in [0.1, 0.15) is 21.4 Å². The molecule has 1 fully saturated rings. The summed E-state index contributed by atoms with van der Waals surface area (Å²) in [6.07, 6.45) is 26.1. The summed E-state index contributed by atoms with van der Waals surface area (Å²) >= 11 is 1.75. The fourth-order valence-electron chi connectivity index (χ4n) is 4.92. The number of carbonyl (C=O) groups excluding carboxylic acids is 1. The number of aromatic nitrogens is 2. The number of rotatable bonds is 24. The Bertz CT molecular complexity index is 1770. The largest absolute Gasteiger partial charge is 0.458 e. The lowest BCUT2D eigenvalue weighted by Crippen LogP contribution is -2.42. The molecule has 55 heavy (non-hydrogen) atoms. The van der Waals surface area contributed by atoms with E-state index in [2.05, 4.69) is 83.1 Å². The van der Waals surface area contributed by atoms with E-state index in [-0.39, 0.29) is 34.9 Å². The van der Waals surface area contributed by atoms with Gasteiger partial charge in [-0.15, -0.1) is 0 Å². The van der Waals surface area contributed by atoms with E-state index in [0.717, 1.165) is 56.9 Å². The molecule has 1 aromatic carbocycles. The Morgan fingerprint density at radius 3 is 2.07 bits per heavy atom. The van der Waals surface area contributed by atoms with Gasteiger partial charge in [-0.05, 0) is 97.9 Å². The van der Waals surface area contributed by atoms with Gasteiger partial charge in [0.25, 0.3) is 0 Å². The Morgan fingerprint density at radius 2 is 1.51 bits per heavy atom. The van der Waals surface area contributed by atoms with E-state index >= 15 is 8.78 Å². The first-order valence-corrected chi connectivity index (χ1v) is 20.6. The molecule has 0 spiro atoms. The van der Waals surface area contributed by atoms with Gasteiger partial charge < -0.3 is 19.7 Å². The molecular formula is C39H49F3IN4O7P. The molecule has 11 nitrogen and oxygen atoms in total. The number of allylic oxidation sites excluding steroid dienone is 12. The molecule has 4 atom stereocenters. The van der Waals surface area contributed by atoms with Gasteiger partial charge in [0.05, 0.1) is 6.61 Å². The lowest BCUT2D eigenvalue weighted by molar-refractivity contribution is -0.141. The average molecular weight is 901 g/mol. The van der Waals surface area contributed by atoms with E-state index in [4.69, 9.17) is 13.8 Å². The minimum Gasteiger partial charge on any atom is -0.413 e. The third-order valence-electron chi connectivity index (χ3n) is 7.76. The van der Waals surface area contributed by atoms with Gasteiger partial charge in [0.15, 0.2) is 6.10 Å². The number of carbonyl (C=O) groups is 1. The summed E-state index contributed by atoms with van der Waals surface area (Å²) in [5.41, 5.74) is -1.02. The minimum atomic E-state index is -4.37. The molecule has 1 aliphatic rings. The highest BCUT2D eigenvalue weighted by atomic mass is 127. The number of hydrogen-bond donors (Lipinski definition) is 3. The molecular weight excluding hydrogens is 851 g/mol. The number of ether oxygens (including phenoxy) is 1. The van der Waals surface area contributed by atoms with E-state index in [0.29, 0.717) is 11.0 Å². The summed E-state index contributed by atoms with van der Waals surface area (Å²) in [6.45, 7) is 1.16. The van der Waals surface area contributed by atoms with Crippen molar-refractivity contribution < 1.29 is 41.4 Å². The van der Waals surface area contributed by atoms with Crippen LogP contribution < -0.4 is 20.6 Å². The van der Waals surface area contributed by atoms with Gasteiger partial charge in [0.2, 0.25) is 12.1 Å². The second-order valence-electron chi connectivity index (χ2n) is 12.1. The molecule has 3 N–H and O–H groups in total. The van der Waals surface area contributed by atoms with Gasteiger partial charge in [0, 0.05) is 25.7 Å². The number of hydrogen-bond acceptors (Lipinski definition) is 8. The standard InChI is InChI=1S/C39H49F3IN4O7P/c1-2-3-4-5-6-7-8-9-10-11-12-13-14-15-16-17-18-19-20-21-35(48)44-27-28-45-55(51,54-32-24-22-31(40)23-25-32)52-30-33-36(49)39(41,42)37(53-33)47-29-26-34(43)46-38(47)50/h3-4,6-7,9-10,12-13,15-16,18-19,22-26,29,33,36-37,49H,2,5,8,11,14,17,20-21,27-28,30H2,1H3,(H,44,48)(H,45,51)/b4-3-,7-6-,10-9-,13-12-,16-15-,19-18-/t33-,36-,37-,55?/m1/s1. The summed E-state index contributed by atoms with van der Waals surface area (Å²) < 4.78 is 74.1. The first-order valence-electron chi connectivity index (χ1n) is 18.0. The van der Waals surface area contributed by atoms with Crippen LogP contribution in [0.4, 0.5) is 13.2 Å². The van der Waals surface area contributed by atoms with Crippen molar-refractivity contribution in [1.29, 1.82) is 0 Å². The smallest absolute Gasteiger partial charge is 0.413 e. The fraction of sp³-hybridized carbons (Fsp3) is 0.410. The quantitative estimate of drug-likeness (QED) is 0.0312. The van der Waals surface area contributed by atoms with Crippen LogP contribution in [0.3, 0.4) is 0 Å². The molecule has 2 heterocycles. The van der Waals surface area contributed by atoms with Crippen LogP contribution in [-0.2, 0) is 18.6 Å². The molecule has 0 bridgehead atoms. The lowest BCUT2D eigenvalue weighted by atomic mass is 10.1. The number of benzene rings is 1. The predicted octanol–water partition coefficient (Wildman–Crippen LogP) is 8.27. The zero-order valence-electron chi connectivity index (χ0n) is 30.7. The summed E-state index contributed by atoms with van der Waals surface area (Å²) in [7, 11) is -4.37.